The summed E-state index contributed by atoms with van der Waals surface area (Å²) in [5.74, 6) is 1.50. The first-order chi connectivity index (χ1) is 12.2. The molecule has 0 spiro atoms. The molecule has 0 saturated carbocycles. The molecule has 1 aliphatic carbocycles. The Bertz CT molecular complexity index is 834. The van der Waals surface area contributed by atoms with Crippen LogP contribution >= 0.6 is 15.9 Å². The van der Waals surface area contributed by atoms with E-state index in [1.165, 1.54) is 0 Å². The van der Waals surface area contributed by atoms with Gasteiger partial charge in [0.05, 0.1) is 0 Å². The maximum Gasteiger partial charge on any atom is 0.198 e. The van der Waals surface area contributed by atoms with Gasteiger partial charge >= 0.3 is 0 Å². The number of nitrogens with zero attached hydrogens (tertiary/aromatic N) is 3. The van der Waals surface area contributed by atoms with Gasteiger partial charge in [0, 0.05) is 17.6 Å². The van der Waals surface area contributed by atoms with Gasteiger partial charge in [-0.05, 0) is 42.5 Å². The van der Waals surface area contributed by atoms with E-state index in [1.807, 2.05) is 12.1 Å². The highest BCUT2D eigenvalue weighted by molar-refractivity contribution is 9.10. The molecule has 2 heterocycles. The summed E-state index contributed by atoms with van der Waals surface area (Å²) in [4.78, 5) is 11.9. The number of allylic oxidation sites excluding steroid dienone is 4. The number of benzene rings is 1. The van der Waals surface area contributed by atoms with E-state index in [1.54, 1.807) is 0 Å². The van der Waals surface area contributed by atoms with Crippen LogP contribution in [0.5, 0.6) is 0 Å². The van der Waals surface area contributed by atoms with E-state index in [0.717, 1.165) is 53.8 Å². The number of hydrogen-bond acceptors (Lipinski definition) is 4. The van der Waals surface area contributed by atoms with Gasteiger partial charge < -0.3 is 5.73 Å². The van der Waals surface area contributed by atoms with E-state index < -0.39 is 5.54 Å². The van der Waals surface area contributed by atoms with Crippen LogP contribution < -0.4 is 5.73 Å². The third-order valence-corrected chi connectivity index (χ3v) is 5.30. The third kappa shape index (κ3) is 2.76. The van der Waals surface area contributed by atoms with Gasteiger partial charge in [0.2, 0.25) is 0 Å². The van der Waals surface area contributed by atoms with Crippen molar-refractivity contribution in [2.75, 3.05) is 13.1 Å². The predicted octanol–water partition coefficient (Wildman–Crippen LogP) is 3.91. The normalized spacial score (nSPS) is 25.6. The maximum absolute atomic E-state index is 6.33. The number of rotatable bonds is 2. The number of aliphatic imine (C=N–C) groups is 2. The summed E-state index contributed by atoms with van der Waals surface area (Å²) in [6, 6.07) is 8.30. The van der Waals surface area contributed by atoms with Gasteiger partial charge in [0.1, 0.15) is 5.84 Å². The first-order valence-corrected chi connectivity index (χ1v) is 9.49. The summed E-state index contributed by atoms with van der Waals surface area (Å²) >= 11 is 3.60. The Hall–Kier alpha value is -2.14. The first kappa shape index (κ1) is 16.3. The summed E-state index contributed by atoms with van der Waals surface area (Å²) in [5, 5.41) is 0. The molecule has 1 atom stereocenters. The Morgan fingerprint density at radius 3 is 2.96 bits per heavy atom. The average Bonchev–Trinajstić information content (AvgIpc) is 2.89. The van der Waals surface area contributed by atoms with Crippen molar-refractivity contribution in [2.24, 2.45) is 15.7 Å². The zero-order chi connectivity index (χ0) is 17.3. The number of nitrogens with two attached hydrogens (primary N) is 1. The van der Waals surface area contributed by atoms with Crippen molar-refractivity contribution >= 4 is 27.7 Å². The summed E-state index contributed by atoms with van der Waals surface area (Å²) in [7, 11) is 0. The standard InChI is InChI=1S/C20H21BrN4/c21-17-11-6-10-16(14-17)20(15-8-4-2-1-3-5-9-15)18-23-12-7-13-25(18)19(22)24-20/h2,4-6,8-11,14H,1,3,7,12-13H2,(H2,22,24). The molecule has 0 fully saturated rings. The SMILES string of the molecule is NC1=NC(C2=CC=CCCC=C2)(c2cccc(Br)c2)C2=NCCCN12. The second-order valence-corrected chi connectivity index (χ2v) is 7.35. The molecule has 0 bridgehead atoms. The predicted molar refractivity (Wildman–Crippen MR) is 107 cm³/mol. The zero-order valence-electron chi connectivity index (χ0n) is 14.0. The van der Waals surface area contributed by atoms with Crippen LogP contribution in [0.2, 0.25) is 0 Å². The fraction of sp³-hybridized carbons (Fsp3) is 0.300. The summed E-state index contributed by atoms with van der Waals surface area (Å²) < 4.78 is 1.03. The lowest BCUT2D eigenvalue weighted by Gasteiger charge is -2.33. The molecule has 0 radical (unpaired) electrons. The van der Waals surface area contributed by atoms with Gasteiger partial charge in [-0.3, -0.25) is 9.89 Å². The van der Waals surface area contributed by atoms with E-state index in [4.69, 9.17) is 15.7 Å². The number of halogens is 1. The molecule has 128 valence electrons. The lowest BCUT2D eigenvalue weighted by molar-refractivity contribution is 0.531. The molecule has 5 heteroatoms. The molecule has 25 heavy (non-hydrogen) atoms. The highest BCUT2D eigenvalue weighted by Gasteiger charge is 2.49. The van der Waals surface area contributed by atoms with Gasteiger partial charge in [-0.1, -0.05) is 58.4 Å². The topological polar surface area (TPSA) is 54.0 Å². The van der Waals surface area contributed by atoms with Crippen LogP contribution in [0.15, 0.2) is 74.7 Å². The van der Waals surface area contributed by atoms with Crippen LogP contribution in [-0.4, -0.2) is 29.8 Å². The third-order valence-electron chi connectivity index (χ3n) is 4.81. The fourth-order valence-electron chi connectivity index (χ4n) is 3.65. The quantitative estimate of drug-likeness (QED) is 0.823. The van der Waals surface area contributed by atoms with Gasteiger partial charge in [-0.15, -0.1) is 0 Å². The Labute approximate surface area is 156 Å². The van der Waals surface area contributed by atoms with Crippen molar-refractivity contribution in [2.45, 2.75) is 24.8 Å². The van der Waals surface area contributed by atoms with Crippen molar-refractivity contribution in [1.82, 2.24) is 4.90 Å². The van der Waals surface area contributed by atoms with E-state index in [-0.39, 0.29) is 0 Å². The molecule has 0 amide bonds. The van der Waals surface area contributed by atoms with Crippen LogP contribution in [0.3, 0.4) is 0 Å². The first-order valence-electron chi connectivity index (χ1n) is 8.69. The maximum atomic E-state index is 6.33. The summed E-state index contributed by atoms with van der Waals surface area (Å²) in [5.41, 5.74) is 7.84. The molecule has 0 saturated heterocycles. The molecule has 2 aliphatic heterocycles. The molecule has 0 aromatic heterocycles. The van der Waals surface area contributed by atoms with Crippen LogP contribution in [0.4, 0.5) is 0 Å². The second kappa shape index (κ2) is 6.64. The lowest BCUT2D eigenvalue weighted by Crippen LogP contribution is -2.46. The zero-order valence-corrected chi connectivity index (χ0v) is 15.6. The molecule has 2 N–H and O–H groups in total. The fourth-order valence-corrected chi connectivity index (χ4v) is 4.05. The highest BCUT2D eigenvalue weighted by Crippen LogP contribution is 2.43. The Morgan fingerprint density at radius 2 is 2.08 bits per heavy atom. The van der Waals surface area contributed by atoms with E-state index in [9.17, 15) is 0 Å². The summed E-state index contributed by atoms with van der Waals surface area (Å²) in [6.45, 7) is 1.69. The van der Waals surface area contributed by atoms with Gasteiger partial charge in [0.25, 0.3) is 0 Å². The molecule has 1 aromatic carbocycles. The Morgan fingerprint density at radius 1 is 1.20 bits per heavy atom. The molecule has 4 nitrogen and oxygen atoms in total. The minimum absolute atomic E-state index is 0.554. The van der Waals surface area contributed by atoms with Crippen molar-refractivity contribution in [3.05, 3.63) is 70.3 Å². The molecule has 1 aromatic rings. The molecular weight excluding hydrogens is 376 g/mol. The average molecular weight is 397 g/mol. The Kier molecular flexibility index (Phi) is 4.34. The van der Waals surface area contributed by atoms with E-state index >= 15 is 0 Å². The van der Waals surface area contributed by atoms with Gasteiger partial charge in [-0.25, -0.2) is 4.99 Å². The smallest absolute Gasteiger partial charge is 0.198 e. The van der Waals surface area contributed by atoms with Crippen molar-refractivity contribution < 1.29 is 0 Å². The molecular formula is C20H21BrN4. The minimum Gasteiger partial charge on any atom is -0.369 e. The number of hydrogen-bond donors (Lipinski definition) is 1. The van der Waals surface area contributed by atoms with Gasteiger partial charge in [-0.2, -0.15) is 0 Å². The number of guanidine groups is 1. The molecule has 1 unspecified atom stereocenters. The van der Waals surface area contributed by atoms with Gasteiger partial charge in [0.15, 0.2) is 11.5 Å². The lowest BCUT2D eigenvalue weighted by atomic mass is 9.80. The summed E-state index contributed by atoms with van der Waals surface area (Å²) in [6.07, 6.45) is 13.9. The highest BCUT2D eigenvalue weighted by atomic mass is 79.9. The molecule has 4 rings (SSSR count). The second-order valence-electron chi connectivity index (χ2n) is 6.43. The van der Waals surface area contributed by atoms with Crippen molar-refractivity contribution in [1.29, 1.82) is 0 Å². The van der Waals surface area contributed by atoms with Crippen LogP contribution in [0.1, 0.15) is 24.8 Å². The minimum atomic E-state index is -0.674. The Balaban J connectivity index is 1.98. The molecule has 3 aliphatic rings. The van der Waals surface area contributed by atoms with Crippen LogP contribution in [0.25, 0.3) is 0 Å². The van der Waals surface area contributed by atoms with Crippen molar-refractivity contribution in [3.8, 4) is 0 Å². The van der Waals surface area contributed by atoms with E-state index in [2.05, 4.69) is 63.3 Å². The van der Waals surface area contributed by atoms with Crippen LogP contribution in [-0.2, 0) is 5.54 Å². The largest absolute Gasteiger partial charge is 0.369 e. The van der Waals surface area contributed by atoms with E-state index in [0.29, 0.717) is 5.96 Å². The van der Waals surface area contributed by atoms with Crippen LogP contribution in [0, 0.1) is 0 Å². The number of amidine groups is 1. The monoisotopic (exact) mass is 396 g/mol. The van der Waals surface area contributed by atoms with Crippen molar-refractivity contribution in [3.63, 3.8) is 0 Å². The number of fused-ring (bicyclic) bond motifs is 1.